The van der Waals surface area contributed by atoms with Gasteiger partial charge >= 0.3 is 51.5 Å². The molecule has 42 valence electrons. The van der Waals surface area contributed by atoms with Crippen molar-refractivity contribution in [2.45, 2.75) is 19.9 Å². The first-order valence-electron chi connectivity index (χ1n) is 2.19. The van der Waals surface area contributed by atoms with Crippen LogP contribution in [0.4, 0.5) is 4.79 Å². The molecule has 0 aromatic rings. The molecule has 0 aromatic heterocycles. The van der Waals surface area contributed by atoms with Crippen molar-refractivity contribution in [3.63, 3.8) is 0 Å². The fraction of sp³-hybridized carbons (Fsp3) is 0.750. The van der Waals surface area contributed by atoms with E-state index in [1.807, 2.05) is 13.8 Å². The standard InChI is InChI=1S/C4H10AsNO/c1-3(2)6-4(5)7/h3H,5H2,1-2H3,(H,6,7). The SMILES string of the molecule is CC(C)NC(=O)[AsH2]. The number of carbonyl (C=O) groups excluding carboxylic acids is 1. The number of amides is 1. The summed E-state index contributed by atoms with van der Waals surface area (Å²) >= 11 is 1.11. The van der Waals surface area contributed by atoms with Crippen molar-refractivity contribution in [1.29, 1.82) is 0 Å². The van der Waals surface area contributed by atoms with Crippen LogP contribution >= 0.6 is 0 Å². The van der Waals surface area contributed by atoms with Gasteiger partial charge in [-0.3, -0.25) is 0 Å². The van der Waals surface area contributed by atoms with Crippen molar-refractivity contribution in [2.75, 3.05) is 0 Å². The fourth-order valence-corrected chi connectivity index (χ4v) is 0.984. The second-order valence-electron chi connectivity index (χ2n) is 1.66. The van der Waals surface area contributed by atoms with E-state index in [9.17, 15) is 4.79 Å². The number of hydrogen-bond donors (Lipinski definition) is 1. The summed E-state index contributed by atoms with van der Waals surface area (Å²) in [5.74, 6) is 0. The molecular formula is C4H10AsNO. The summed E-state index contributed by atoms with van der Waals surface area (Å²) in [6.07, 6.45) is 0. The van der Waals surface area contributed by atoms with E-state index in [0.29, 0.717) is 6.04 Å². The molecule has 0 heterocycles. The van der Waals surface area contributed by atoms with Crippen molar-refractivity contribution in [2.24, 2.45) is 0 Å². The molecule has 7 heavy (non-hydrogen) atoms. The second-order valence-corrected chi connectivity index (χ2v) is 2.76. The van der Waals surface area contributed by atoms with Crippen molar-refractivity contribution >= 4 is 21.5 Å². The van der Waals surface area contributed by atoms with Gasteiger partial charge in [0.05, 0.1) is 0 Å². The predicted octanol–water partition coefficient (Wildman–Crippen LogP) is -0.263. The Bertz CT molecular complexity index is 72.1. The van der Waals surface area contributed by atoms with Gasteiger partial charge in [-0.15, -0.1) is 0 Å². The Morgan fingerprint density at radius 2 is 2.14 bits per heavy atom. The molecule has 2 nitrogen and oxygen atoms in total. The third-order valence-corrected chi connectivity index (χ3v) is 0.781. The number of carbonyl (C=O) groups is 1. The van der Waals surface area contributed by atoms with E-state index in [2.05, 4.69) is 5.32 Å². The van der Waals surface area contributed by atoms with E-state index in [4.69, 9.17) is 0 Å². The Morgan fingerprint density at radius 3 is 2.14 bits per heavy atom. The fourth-order valence-electron chi connectivity index (χ4n) is 0.285. The van der Waals surface area contributed by atoms with E-state index in [-0.39, 0.29) is 4.69 Å². The minimum atomic E-state index is 0.0995. The van der Waals surface area contributed by atoms with Crippen LogP contribution in [0.25, 0.3) is 0 Å². The Labute approximate surface area is 52.2 Å². The summed E-state index contributed by atoms with van der Waals surface area (Å²) in [4.78, 5) is 10.2. The van der Waals surface area contributed by atoms with Gasteiger partial charge in [-0.2, -0.15) is 0 Å². The van der Waals surface area contributed by atoms with Crippen molar-refractivity contribution in [3.8, 4) is 0 Å². The number of nitrogens with one attached hydrogen (secondary N) is 1. The molecule has 0 radical (unpaired) electrons. The molecule has 1 N–H and O–H groups in total. The van der Waals surface area contributed by atoms with Crippen LogP contribution in [0.5, 0.6) is 0 Å². The Hall–Kier alpha value is 0.0284. The summed E-state index contributed by atoms with van der Waals surface area (Å²) < 4.78 is 0.0995. The Kier molecular flexibility index (Phi) is 3.10. The summed E-state index contributed by atoms with van der Waals surface area (Å²) in [7, 11) is 0. The maximum absolute atomic E-state index is 10.2. The molecule has 0 saturated heterocycles. The van der Waals surface area contributed by atoms with Gasteiger partial charge in [0.2, 0.25) is 0 Å². The van der Waals surface area contributed by atoms with Crippen LogP contribution in [-0.2, 0) is 0 Å². The molecule has 0 aliphatic rings. The van der Waals surface area contributed by atoms with E-state index in [0.717, 1.165) is 16.9 Å². The van der Waals surface area contributed by atoms with Crippen LogP contribution in [-0.4, -0.2) is 27.6 Å². The molecule has 3 heteroatoms. The first-order chi connectivity index (χ1) is 3.13. The zero-order valence-electron chi connectivity index (χ0n) is 4.56. The van der Waals surface area contributed by atoms with Crippen molar-refractivity contribution < 1.29 is 4.79 Å². The average Bonchev–Trinajstić information content (AvgIpc) is 1.27. The molecule has 0 rings (SSSR count). The van der Waals surface area contributed by atoms with Crippen LogP contribution in [0.2, 0.25) is 0 Å². The first kappa shape index (κ1) is 7.03. The topological polar surface area (TPSA) is 29.1 Å². The number of hydrogen-bond acceptors (Lipinski definition) is 1. The molecule has 1 amide bonds. The molecule has 0 bridgehead atoms. The molecule has 0 saturated carbocycles. The first-order valence-corrected chi connectivity index (χ1v) is 3.40. The minimum absolute atomic E-state index is 0.0995. The quantitative estimate of drug-likeness (QED) is 0.530. The van der Waals surface area contributed by atoms with E-state index in [1.54, 1.807) is 0 Å². The molecule has 0 fully saturated rings. The second kappa shape index (κ2) is 3.09. The Balaban J connectivity index is 3.13. The van der Waals surface area contributed by atoms with Gasteiger partial charge in [-0.05, 0) is 0 Å². The number of rotatable bonds is 1. The molecule has 0 aromatic carbocycles. The Morgan fingerprint density at radius 1 is 1.71 bits per heavy atom. The van der Waals surface area contributed by atoms with Crippen LogP contribution in [0.3, 0.4) is 0 Å². The summed E-state index contributed by atoms with van der Waals surface area (Å²) in [6, 6.07) is 0.291. The molecule has 0 aliphatic carbocycles. The third-order valence-electron chi connectivity index (χ3n) is 0.431. The van der Waals surface area contributed by atoms with Crippen molar-refractivity contribution in [1.82, 2.24) is 5.32 Å². The molecule has 1 atom stereocenters. The van der Waals surface area contributed by atoms with E-state index < -0.39 is 0 Å². The monoisotopic (exact) mass is 163 g/mol. The van der Waals surface area contributed by atoms with Crippen molar-refractivity contribution in [3.05, 3.63) is 0 Å². The average molecular weight is 163 g/mol. The van der Waals surface area contributed by atoms with Gasteiger partial charge in [0, 0.05) is 0 Å². The predicted molar refractivity (Wildman–Crippen MR) is 32.2 cm³/mol. The van der Waals surface area contributed by atoms with Gasteiger partial charge in [-0.1, -0.05) is 0 Å². The summed E-state index contributed by atoms with van der Waals surface area (Å²) in [5.41, 5.74) is 0. The molecular weight excluding hydrogens is 153 g/mol. The summed E-state index contributed by atoms with van der Waals surface area (Å²) in [5, 5.41) is 2.69. The molecule has 0 aliphatic heterocycles. The zero-order chi connectivity index (χ0) is 5.86. The van der Waals surface area contributed by atoms with E-state index in [1.165, 1.54) is 0 Å². The van der Waals surface area contributed by atoms with Crippen LogP contribution < -0.4 is 5.32 Å². The van der Waals surface area contributed by atoms with Gasteiger partial charge in [-0.25, -0.2) is 0 Å². The van der Waals surface area contributed by atoms with Gasteiger partial charge in [0.15, 0.2) is 0 Å². The van der Waals surface area contributed by atoms with Crippen LogP contribution in [0.15, 0.2) is 0 Å². The molecule has 0 spiro atoms. The van der Waals surface area contributed by atoms with Crippen LogP contribution in [0, 0.1) is 0 Å². The van der Waals surface area contributed by atoms with Crippen LogP contribution in [0.1, 0.15) is 13.8 Å². The van der Waals surface area contributed by atoms with E-state index >= 15 is 0 Å². The molecule has 1 unspecified atom stereocenters. The maximum atomic E-state index is 10.2. The summed E-state index contributed by atoms with van der Waals surface area (Å²) in [6.45, 7) is 3.88. The third kappa shape index (κ3) is 6.03. The van der Waals surface area contributed by atoms with Gasteiger partial charge in [0.25, 0.3) is 0 Å². The normalized spacial score (nSPS) is 9.14. The van der Waals surface area contributed by atoms with Gasteiger partial charge < -0.3 is 0 Å². The van der Waals surface area contributed by atoms with Gasteiger partial charge in [0.1, 0.15) is 0 Å². The zero-order valence-corrected chi connectivity index (χ0v) is 6.99.